The van der Waals surface area contributed by atoms with Crippen LogP contribution in [0.4, 0.5) is 0 Å². The molecule has 1 amide bonds. The number of hydrogen-bond acceptors (Lipinski definition) is 3. The molecular formula is C14H24N4O. The smallest absolute Gasteiger partial charge is 0.269 e. The lowest BCUT2D eigenvalue weighted by Crippen LogP contribution is -2.45. The fraction of sp³-hybridized carbons (Fsp3) is 0.714. The van der Waals surface area contributed by atoms with Crippen LogP contribution in [0.1, 0.15) is 42.9 Å². The summed E-state index contributed by atoms with van der Waals surface area (Å²) in [6, 6.07) is 1.87. The molecule has 0 saturated carbocycles. The van der Waals surface area contributed by atoms with Crippen molar-refractivity contribution in [1.82, 2.24) is 20.4 Å². The van der Waals surface area contributed by atoms with Crippen molar-refractivity contribution in [3.63, 3.8) is 0 Å². The van der Waals surface area contributed by atoms with Gasteiger partial charge in [-0.1, -0.05) is 13.8 Å². The van der Waals surface area contributed by atoms with E-state index in [1.54, 1.807) is 4.68 Å². The third-order valence-electron chi connectivity index (χ3n) is 3.89. The van der Waals surface area contributed by atoms with Crippen molar-refractivity contribution in [3.8, 4) is 0 Å². The highest BCUT2D eigenvalue weighted by Crippen LogP contribution is 2.24. The number of piperidine rings is 1. The van der Waals surface area contributed by atoms with Crippen molar-refractivity contribution >= 4 is 5.91 Å². The zero-order valence-electron chi connectivity index (χ0n) is 12.1. The van der Waals surface area contributed by atoms with Crippen LogP contribution in [0, 0.1) is 5.41 Å². The van der Waals surface area contributed by atoms with Crippen LogP contribution in [0.3, 0.4) is 0 Å². The van der Waals surface area contributed by atoms with Crippen LogP contribution < -0.4 is 10.6 Å². The Morgan fingerprint density at radius 3 is 3.00 bits per heavy atom. The molecule has 2 rings (SSSR count). The maximum absolute atomic E-state index is 12.2. The number of nitrogens with zero attached hydrogens (tertiary/aromatic N) is 2. The molecule has 1 aliphatic rings. The van der Waals surface area contributed by atoms with Crippen molar-refractivity contribution < 1.29 is 4.79 Å². The molecule has 5 nitrogen and oxygen atoms in total. The standard InChI is InChI=1S/C14H24N4O/c1-4-11-8-12(18(3)17-11)13(19)16-10-14(2)6-5-7-15-9-14/h8,15H,4-7,9-10H2,1-3H3,(H,16,19). The lowest BCUT2D eigenvalue weighted by Gasteiger charge is -2.34. The number of carbonyl (C=O) groups excluding carboxylic acids is 1. The number of aromatic nitrogens is 2. The molecule has 2 heterocycles. The molecule has 1 saturated heterocycles. The molecule has 0 bridgehead atoms. The highest BCUT2D eigenvalue weighted by Gasteiger charge is 2.27. The van der Waals surface area contributed by atoms with Crippen LogP contribution in [-0.4, -0.2) is 35.3 Å². The van der Waals surface area contributed by atoms with Crippen LogP contribution in [0.25, 0.3) is 0 Å². The quantitative estimate of drug-likeness (QED) is 0.856. The third-order valence-corrected chi connectivity index (χ3v) is 3.89. The number of carbonyl (C=O) groups is 1. The van der Waals surface area contributed by atoms with Crippen LogP contribution in [0.5, 0.6) is 0 Å². The van der Waals surface area contributed by atoms with Gasteiger partial charge in [-0.25, -0.2) is 0 Å². The Hall–Kier alpha value is -1.36. The molecule has 0 aliphatic carbocycles. The number of rotatable bonds is 4. The van der Waals surface area contributed by atoms with E-state index in [0.717, 1.165) is 31.6 Å². The maximum atomic E-state index is 12.2. The zero-order chi connectivity index (χ0) is 13.9. The Morgan fingerprint density at radius 1 is 1.63 bits per heavy atom. The average molecular weight is 264 g/mol. The summed E-state index contributed by atoms with van der Waals surface area (Å²) in [5.41, 5.74) is 1.77. The minimum absolute atomic E-state index is 0.0264. The molecule has 0 spiro atoms. The van der Waals surface area contributed by atoms with Gasteiger partial charge in [0.2, 0.25) is 0 Å². The van der Waals surface area contributed by atoms with Gasteiger partial charge in [0, 0.05) is 20.1 Å². The van der Waals surface area contributed by atoms with Gasteiger partial charge in [0.15, 0.2) is 0 Å². The van der Waals surface area contributed by atoms with Gasteiger partial charge >= 0.3 is 0 Å². The first kappa shape index (κ1) is 14.1. The highest BCUT2D eigenvalue weighted by atomic mass is 16.2. The summed E-state index contributed by atoms with van der Waals surface area (Å²) in [5, 5.41) is 10.7. The normalized spacial score (nSPS) is 23.3. The second-order valence-electron chi connectivity index (χ2n) is 5.77. The SMILES string of the molecule is CCc1cc(C(=O)NCC2(C)CCCNC2)n(C)n1. The van der Waals surface area contributed by atoms with E-state index in [1.807, 2.05) is 20.0 Å². The Balaban J connectivity index is 1.95. The van der Waals surface area contributed by atoms with E-state index in [0.29, 0.717) is 12.2 Å². The summed E-state index contributed by atoms with van der Waals surface area (Å²) in [4.78, 5) is 12.2. The minimum Gasteiger partial charge on any atom is -0.350 e. The molecule has 1 aliphatic heterocycles. The average Bonchev–Trinajstić information content (AvgIpc) is 2.78. The molecule has 2 N–H and O–H groups in total. The maximum Gasteiger partial charge on any atom is 0.269 e. The summed E-state index contributed by atoms with van der Waals surface area (Å²) in [7, 11) is 1.82. The van der Waals surface area contributed by atoms with Crippen LogP contribution in [-0.2, 0) is 13.5 Å². The molecule has 0 aromatic carbocycles. The van der Waals surface area contributed by atoms with Crippen molar-refractivity contribution in [3.05, 3.63) is 17.5 Å². The largest absolute Gasteiger partial charge is 0.350 e. The van der Waals surface area contributed by atoms with E-state index < -0.39 is 0 Å². The van der Waals surface area contributed by atoms with E-state index >= 15 is 0 Å². The van der Waals surface area contributed by atoms with Crippen molar-refractivity contribution in [2.75, 3.05) is 19.6 Å². The van der Waals surface area contributed by atoms with Crippen LogP contribution in [0.15, 0.2) is 6.07 Å². The summed E-state index contributed by atoms with van der Waals surface area (Å²) in [6.07, 6.45) is 3.19. The van der Waals surface area contributed by atoms with Crippen molar-refractivity contribution in [2.24, 2.45) is 12.5 Å². The second-order valence-corrected chi connectivity index (χ2v) is 5.77. The second kappa shape index (κ2) is 5.74. The molecular weight excluding hydrogens is 240 g/mol. The van der Waals surface area contributed by atoms with Crippen molar-refractivity contribution in [1.29, 1.82) is 0 Å². The Morgan fingerprint density at radius 2 is 2.42 bits per heavy atom. The minimum atomic E-state index is -0.0264. The first-order chi connectivity index (χ1) is 9.04. The van der Waals surface area contributed by atoms with Gasteiger partial charge < -0.3 is 10.6 Å². The Labute approximate surface area is 114 Å². The lowest BCUT2D eigenvalue weighted by molar-refractivity contribution is 0.0915. The zero-order valence-corrected chi connectivity index (χ0v) is 12.1. The summed E-state index contributed by atoms with van der Waals surface area (Å²) >= 11 is 0. The number of nitrogens with one attached hydrogen (secondary N) is 2. The molecule has 1 atom stereocenters. The highest BCUT2D eigenvalue weighted by molar-refractivity contribution is 5.92. The van der Waals surface area contributed by atoms with Gasteiger partial charge in [0.05, 0.1) is 5.69 Å². The molecule has 1 unspecified atom stereocenters. The predicted molar refractivity (Wildman–Crippen MR) is 75.1 cm³/mol. The predicted octanol–water partition coefficient (Wildman–Crippen LogP) is 1.10. The Kier molecular flexibility index (Phi) is 4.24. The van der Waals surface area contributed by atoms with Gasteiger partial charge in [0.1, 0.15) is 5.69 Å². The Bertz CT molecular complexity index is 446. The van der Waals surface area contributed by atoms with E-state index in [2.05, 4.69) is 22.7 Å². The van der Waals surface area contributed by atoms with Gasteiger partial charge in [-0.15, -0.1) is 0 Å². The van der Waals surface area contributed by atoms with E-state index in [4.69, 9.17) is 0 Å². The molecule has 5 heteroatoms. The molecule has 1 aromatic heterocycles. The monoisotopic (exact) mass is 264 g/mol. The van der Waals surface area contributed by atoms with Crippen LogP contribution >= 0.6 is 0 Å². The van der Waals surface area contributed by atoms with Crippen molar-refractivity contribution in [2.45, 2.75) is 33.1 Å². The van der Waals surface area contributed by atoms with Gasteiger partial charge in [-0.3, -0.25) is 9.48 Å². The summed E-state index contributed by atoms with van der Waals surface area (Å²) in [6.45, 7) is 7.04. The lowest BCUT2D eigenvalue weighted by atomic mass is 9.83. The fourth-order valence-corrected chi connectivity index (χ4v) is 2.57. The van der Waals surface area contributed by atoms with Gasteiger partial charge in [0.25, 0.3) is 5.91 Å². The van der Waals surface area contributed by atoms with E-state index in [-0.39, 0.29) is 11.3 Å². The fourth-order valence-electron chi connectivity index (χ4n) is 2.57. The molecule has 1 fully saturated rings. The summed E-state index contributed by atoms with van der Waals surface area (Å²) in [5.74, 6) is -0.0264. The number of aryl methyl sites for hydroxylation is 2. The van der Waals surface area contributed by atoms with Crippen LogP contribution in [0.2, 0.25) is 0 Å². The number of hydrogen-bond donors (Lipinski definition) is 2. The first-order valence-corrected chi connectivity index (χ1v) is 7.06. The van der Waals surface area contributed by atoms with Gasteiger partial charge in [-0.05, 0) is 37.3 Å². The summed E-state index contributed by atoms with van der Waals surface area (Å²) < 4.78 is 1.66. The van der Waals surface area contributed by atoms with Gasteiger partial charge in [-0.2, -0.15) is 5.10 Å². The van der Waals surface area contributed by atoms with E-state index in [9.17, 15) is 4.79 Å². The number of amides is 1. The molecule has 106 valence electrons. The third kappa shape index (κ3) is 3.35. The topological polar surface area (TPSA) is 59.0 Å². The molecule has 19 heavy (non-hydrogen) atoms. The molecule has 1 aromatic rings. The first-order valence-electron chi connectivity index (χ1n) is 7.06. The van der Waals surface area contributed by atoms with E-state index in [1.165, 1.54) is 6.42 Å². The molecule has 0 radical (unpaired) electrons.